The van der Waals surface area contributed by atoms with Gasteiger partial charge in [-0.2, -0.15) is 0 Å². The molecule has 3 nitrogen and oxygen atoms in total. The van der Waals surface area contributed by atoms with Crippen molar-refractivity contribution in [1.29, 1.82) is 0 Å². The highest BCUT2D eigenvalue weighted by Crippen LogP contribution is 2.48. The Morgan fingerprint density at radius 1 is 1.13 bits per heavy atom. The monoisotopic (exact) mass is 324 g/mol. The molecule has 23 heavy (non-hydrogen) atoms. The number of carboxylic acids is 1. The first kappa shape index (κ1) is 14.4. The van der Waals surface area contributed by atoms with Gasteiger partial charge in [0.15, 0.2) is 0 Å². The van der Waals surface area contributed by atoms with Crippen molar-refractivity contribution in [2.45, 2.75) is 18.4 Å². The lowest BCUT2D eigenvalue weighted by Gasteiger charge is -2.36. The Balaban J connectivity index is 2.00. The van der Waals surface area contributed by atoms with Gasteiger partial charge in [-0.1, -0.05) is 48.5 Å². The molecule has 0 amide bonds. The quantitative estimate of drug-likeness (QED) is 0.786. The normalized spacial score (nSPS) is 20.3. The summed E-state index contributed by atoms with van der Waals surface area (Å²) in [5.41, 5.74) is 1.27. The SMILES string of the molecule is O=C(O)CC1(c2ccccc2)OCCc2c1sc1ccccc21. The Hall–Kier alpha value is -2.17. The van der Waals surface area contributed by atoms with E-state index in [0.29, 0.717) is 6.61 Å². The molecule has 4 heteroatoms. The van der Waals surface area contributed by atoms with E-state index in [1.807, 2.05) is 42.5 Å². The van der Waals surface area contributed by atoms with Gasteiger partial charge in [-0.3, -0.25) is 4.79 Å². The van der Waals surface area contributed by atoms with Crippen LogP contribution in [0, 0.1) is 0 Å². The molecule has 1 unspecified atom stereocenters. The van der Waals surface area contributed by atoms with Crippen LogP contribution in [0.2, 0.25) is 0 Å². The smallest absolute Gasteiger partial charge is 0.307 e. The largest absolute Gasteiger partial charge is 0.481 e. The summed E-state index contributed by atoms with van der Waals surface area (Å²) in [6.45, 7) is 0.538. The van der Waals surface area contributed by atoms with Gasteiger partial charge in [-0.05, 0) is 29.0 Å². The minimum Gasteiger partial charge on any atom is -0.481 e. The molecule has 3 aromatic rings. The van der Waals surface area contributed by atoms with Gasteiger partial charge in [-0.15, -0.1) is 11.3 Å². The first-order valence-electron chi connectivity index (χ1n) is 7.63. The summed E-state index contributed by atoms with van der Waals surface area (Å²) in [5, 5.41) is 10.7. The molecule has 0 spiro atoms. The van der Waals surface area contributed by atoms with Crippen molar-refractivity contribution in [3.8, 4) is 0 Å². The molecule has 1 aromatic heterocycles. The van der Waals surface area contributed by atoms with Gasteiger partial charge in [0.2, 0.25) is 0 Å². The zero-order valence-corrected chi connectivity index (χ0v) is 13.3. The third-order valence-corrected chi connectivity index (χ3v) is 5.76. The van der Waals surface area contributed by atoms with Gasteiger partial charge >= 0.3 is 5.97 Å². The van der Waals surface area contributed by atoms with E-state index in [1.54, 1.807) is 11.3 Å². The van der Waals surface area contributed by atoms with Crippen LogP contribution >= 0.6 is 11.3 Å². The lowest BCUT2D eigenvalue weighted by molar-refractivity contribution is -0.144. The number of ether oxygens (including phenoxy) is 1. The maximum absolute atomic E-state index is 11.6. The van der Waals surface area contributed by atoms with E-state index in [4.69, 9.17) is 4.74 Å². The van der Waals surface area contributed by atoms with E-state index in [0.717, 1.165) is 16.9 Å². The highest BCUT2D eigenvalue weighted by atomic mass is 32.1. The molecule has 2 aromatic carbocycles. The van der Waals surface area contributed by atoms with Crippen LogP contribution in [0.15, 0.2) is 54.6 Å². The van der Waals surface area contributed by atoms with Gasteiger partial charge < -0.3 is 9.84 Å². The summed E-state index contributed by atoms with van der Waals surface area (Å²) < 4.78 is 7.34. The third kappa shape index (κ3) is 2.26. The van der Waals surface area contributed by atoms with Crippen molar-refractivity contribution in [2.75, 3.05) is 6.61 Å². The van der Waals surface area contributed by atoms with Crippen LogP contribution in [0.3, 0.4) is 0 Å². The Morgan fingerprint density at radius 3 is 2.65 bits per heavy atom. The summed E-state index contributed by atoms with van der Waals surface area (Å²) in [6, 6.07) is 18.0. The van der Waals surface area contributed by atoms with Crippen molar-refractivity contribution in [3.05, 3.63) is 70.6 Å². The maximum atomic E-state index is 11.6. The summed E-state index contributed by atoms with van der Waals surface area (Å²) in [5.74, 6) is -0.848. The van der Waals surface area contributed by atoms with Crippen LogP contribution in [-0.2, 0) is 21.6 Å². The van der Waals surface area contributed by atoms with Gasteiger partial charge in [0.05, 0.1) is 13.0 Å². The van der Waals surface area contributed by atoms with Gasteiger partial charge in [0.25, 0.3) is 0 Å². The molecule has 0 saturated carbocycles. The number of benzene rings is 2. The lowest BCUT2D eigenvalue weighted by atomic mass is 9.84. The van der Waals surface area contributed by atoms with E-state index in [9.17, 15) is 9.90 Å². The predicted octanol–water partition coefficient (Wildman–Crippen LogP) is 4.19. The van der Waals surface area contributed by atoms with Crippen LogP contribution in [0.5, 0.6) is 0 Å². The van der Waals surface area contributed by atoms with E-state index in [2.05, 4.69) is 12.1 Å². The zero-order chi connectivity index (χ0) is 15.9. The fraction of sp³-hybridized carbons (Fsp3) is 0.211. The average Bonchev–Trinajstić information content (AvgIpc) is 2.95. The van der Waals surface area contributed by atoms with Crippen LogP contribution < -0.4 is 0 Å². The van der Waals surface area contributed by atoms with Gasteiger partial charge in [-0.25, -0.2) is 0 Å². The van der Waals surface area contributed by atoms with E-state index < -0.39 is 11.6 Å². The van der Waals surface area contributed by atoms with Crippen molar-refractivity contribution >= 4 is 27.4 Å². The number of aliphatic carboxylic acids is 1. The fourth-order valence-electron chi connectivity index (χ4n) is 3.43. The van der Waals surface area contributed by atoms with Crippen LogP contribution in [-0.4, -0.2) is 17.7 Å². The first-order valence-corrected chi connectivity index (χ1v) is 8.44. The average molecular weight is 324 g/mol. The second-order valence-corrected chi connectivity index (χ2v) is 6.82. The Bertz CT molecular complexity index is 869. The van der Waals surface area contributed by atoms with Crippen molar-refractivity contribution < 1.29 is 14.6 Å². The molecular weight excluding hydrogens is 308 g/mol. The molecule has 1 aliphatic rings. The third-order valence-electron chi connectivity index (χ3n) is 4.41. The van der Waals surface area contributed by atoms with Crippen molar-refractivity contribution in [2.24, 2.45) is 0 Å². The molecule has 1 aliphatic heterocycles. The Kier molecular flexibility index (Phi) is 3.43. The number of hydrogen-bond acceptors (Lipinski definition) is 3. The Morgan fingerprint density at radius 2 is 1.87 bits per heavy atom. The molecule has 0 saturated heterocycles. The molecule has 4 rings (SSSR count). The van der Waals surface area contributed by atoms with E-state index >= 15 is 0 Å². The topological polar surface area (TPSA) is 46.5 Å². The molecule has 0 radical (unpaired) electrons. The number of rotatable bonds is 3. The molecule has 0 aliphatic carbocycles. The number of carboxylic acid groups (broad SMARTS) is 1. The fourth-order valence-corrected chi connectivity index (χ4v) is 4.85. The number of carbonyl (C=O) groups is 1. The number of hydrogen-bond donors (Lipinski definition) is 1. The predicted molar refractivity (Wildman–Crippen MR) is 91.0 cm³/mol. The van der Waals surface area contributed by atoms with Crippen molar-refractivity contribution in [3.63, 3.8) is 0 Å². The van der Waals surface area contributed by atoms with Gasteiger partial charge in [0, 0.05) is 9.58 Å². The molecule has 1 N–H and O–H groups in total. The van der Waals surface area contributed by atoms with Gasteiger partial charge in [0.1, 0.15) is 5.60 Å². The molecular formula is C19H16O3S. The second kappa shape index (κ2) is 5.48. The molecule has 0 bridgehead atoms. The number of fused-ring (bicyclic) bond motifs is 3. The minimum atomic E-state index is -0.885. The van der Waals surface area contributed by atoms with Crippen LogP contribution in [0.4, 0.5) is 0 Å². The number of thiophene rings is 1. The van der Waals surface area contributed by atoms with Crippen molar-refractivity contribution in [1.82, 2.24) is 0 Å². The summed E-state index contributed by atoms with van der Waals surface area (Å²) in [4.78, 5) is 12.6. The lowest BCUT2D eigenvalue weighted by Crippen LogP contribution is -2.37. The van der Waals surface area contributed by atoms with E-state index in [1.165, 1.54) is 15.6 Å². The first-order chi connectivity index (χ1) is 11.2. The summed E-state index contributed by atoms with van der Waals surface area (Å²) in [7, 11) is 0. The highest BCUT2D eigenvalue weighted by Gasteiger charge is 2.43. The maximum Gasteiger partial charge on any atom is 0.307 e. The molecule has 116 valence electrons. The highest BCUT2D eigenvalue weighted by molar-refractivity contribution is 7.19. The summed E-state index contributed by atoms with van der Waals surface area (Å²) >= 11 is 1.66. The van der Waals surface area contributed by atoms with Crippen LogP contribution in [0.25, 0.3) is 10.1 Å². The molecule has 2 heterocycles. The second-order valence-electron chi connectivity index (χ2n) is 5.77. The van der Waals surface area contributed by atoms with E-state index in [-0.39, 0.29) is 6.42 Å². The zero-order valence-electron chi connectivity index (χ0n) is 12.5. The Labute approximate surface area is 138 Å². The van der Waals surface area contributed by atoms with Crippen LogP contribution in [0.1, 0.15) is 22.4 Å². The molecule has 1 atom stereocenters. The standard InChI is InChI=1S/C19H16O3S/c20-17(21)12-19(13-6-2-1-3-7-13)18-15(10-11-22-19)14-8-4-5-9-16(14)23-18/h1-9H,10-12H2,(H,20,21). The molecule has 0 fully saturated rings. The minimum absolute atomic E-state index is 0.0587. The summed E-state index contributed by atoms with van der Waals surface area (Å²) in [6.07, 6.45) is 0.768.